The van der Waals surface area contributed by atoms with Gasteiger partial charge in [0.15, 0.2) is 6.61 Å². The number of amides is 1. The molecular formula is C21H17F2NO3. The summed E-state index contributed by atoms with van der Waals surface area (Å²) in [4.78, 5) is 26.1. The number of carbonyl (C=O) groups is 2. The monoisotopic (exact) mass is 369 g/mol. The van der Waals surface area contributed by atoms with Gasteiger partial charge in [0.2, 0.25) is 0 Å². The molecule has 3 aromatic rings. The standard InChI is InChI=1S/C21H17F2NO3/c1-2-24(19-9-5-7-14-6-3-4-8-18(14)19)20(25)13-27-21(26)15-10-16(22)12-17(23)11-15/h3-12H,2,13H2,1H3. The molecule has 0 aliphatic heterocycles. The number of rotatable bonds is 5. The maximum Gasteiger partial charge on any atom is 0.338 e. The predicted octanol–water partition coefficient (Wildman–Crippen LogP) is 4.33. The van der Waals surface area contributed by atoms with Crippen molar-refractivity contribution < 1.29 is 23.1 Å². The summed E-state index contributed by atoms with van der Waals surface area (Å²) < 4.78 is 31.4. The molecule has 0 spiro atoms. The van der Waals surface area contributed by atoms with Gasteiger partial charge in [-0.15, -0.1) is 0 Å². The van der Waals surface area contributed by atoms with Crippen LogP contribution in [0.3, 0.4) is 0 Å². The number of anilines is 1. The van der Waals surface area contributed by atoms with Crippen molar-refractivity contribution in [1.82, 2.24) is 0 Å². The minimum absolute atomic E-state index is 0.284. The lowest BCUT2D eigenvalue weighted by molar-refractivity contribution is -0.121. The Bertz CT molecular complexity index is 978. The smallest absolute Gasteiger partial charge is 0.338 e. The Morgan fingerprint density at radius 3 is 2.33 bits per heavy atom. The van der Waals surface area contributed by atoms with E-state index in [0.717, 1.165) is 22.9 Å². The molecule has 0 atom stereocenters. The van der Waals surface area contributed by atoms with Crippen LogP contribution in [0.5, 0.6) is 0 Å². The summed E-state index contributed by atoms with van der Waals surface area (Å²) in [6.45, 7) is 1.65. The normalized spacial score (nSPS) is 10.6. The fourth-order valence-corrected chi connectivity index (χ4v) is 2.88. The molecule has 0 saturated heterocycles. The van der Waals surface area contributed by atoms with Gasteiger partial charge in [0.05, 0.1) is 11.3 Å². The van der Waals surface area contributed by atoms with Crippen LogP contribution >= 0.6 is 0 Å². The quantitative estimate of drug-likeness (QED) is 0.629. The molecule has 0 saturated carbocycles. The average Bonchev–Trinajstić information content (AvgIpc) is 2.66. The number of fused-ring (bicyclic) bond motifs is 1. The first kappa shape index (κ1) is 18.5. The van der Waals surface area contributed by atoms with E-state index in [1.807, 2.05) is 49.4 Å². The van der Waals surface area contributed by atoms with Gasteiger partial charge in [0, 0.05) is 18.0 Å². The molecule has 138 valence electrons. The van der Waals surface area contributed by atoms with Crippen LogP contribution < -0.4 is 4.90 Å². The first-order valence-corrected chi connectivity index (χ1v) is 8.41. The van der Waals surface area contributed by atoms with Gasteiger partial charge >= 0.3 is 5.97 Å². The highest BCUT2D eigenvalue weighted by atomic mass is 19.1. The number of hydrogen-bond donors (Lipinski definition) is 0. The van der Waals surface area contributed by atoms with E-state index in [1.165, 1.54) is 4.90 Å². The summed E-state index contributed by atoms with van der Waals surface area (Å²) >= 11 is 0. The number of hydrogen-bond acceptors (Lipinski definition) is 3. The van der Waals surface area contributed by atoms with Crippen molar-refractivity contribution in [2.45, 2.75) is 6.92 Å². The Labute approximate surface area is 155 Å². The summed E-state index contributed by atoms with van der Waals surface area (Å²) in [5, 5.41) is 1.88. The molecule has 0 N–H and O–H groups in total. The number of benzene rings is 3. The first-order chi connectivity index (χ1) is 13.0. The highest BCUT2D eigenvalue weighted by Crippen LogP contribution is 2.26. The van der Waals surface area contributed by atoms with E-state index in [4.69, 9.17) is 4.74 Å². The molecular weight excluding hydrogens is 352 g/mol. The number of carbonyl (C=O) groups excluding carboxylic acids is 2. The minimum atomic E-state index is -0.962. The van der Waals surface area contributed by atoms with Crippen molar-refractivity contribution in [3.8, 4) is 0 Å². The van der Waals surface area contributed by atoms with Crippen molar-refractivity contribution in [2.24, 2.45) is 0 Å². The molecule has 0 radical (unpaired) electrons. The van der Waals surface area contributed by atoms with Gasteiger partial charge < -0.3 is 9.64 Å². The molecule has 0 fully saturated rings. The van der Waals surface area contributed by atoms with E-state index in [9.17, 15) is 18.4 Å². The fourth-order valence-electron chi connectivity index (χ4n) is 2.88. The lowest BCUT2D eigenvalue weighted by Gasteiger charge is -2.22. The van der Waals surface area contributed by atoms with E-state index in [1.54, 1.807) is 0 Å². The summed E-state index contributed by atoms with van der Waals surface area (Å²) in [7, 11) is 0. The van der Waals surface area contributed by atoms with Crippen LogP contribution in [0.4, 0.5) is 14.5 Å². The van der Waals surface area contributed by atoms with Crippen LogP contribution in [0, 0.1) is 11.6 Å². The van der Waals surface area contributed by atoms with Crippen molar-refractivity contribution >= 4 is 28.3 Å². The zero-order valence-electron chi connectivity index (χ0n) is 14.6. The van der Waals surface area contributed by atoms with E-state index >= 15 is 0 Å². The SMILES string of the molecule is CCN(C(=O)COC(=O)c1cc(F)cc(F)c1)c1cccc2ccccc12. The Kier molecular flexibility index (Phi) is 5.45. The van der Waals surface area contributed by atoms with Gasteiger partial charge in [-0.25, -0.2) is 13.6 Å². The Morgan fingerprint density at radius 2 is 1.63 bits per heavy atom. The Hall–Kier alpha value is -3.28. The molecule has 4 nitrogen and oxygen atoms in total. The predicted molar refractivity (Wildman–Crippen MR) is 98.6 cm³/mol. The van der Waals surface area contributed by atoms with Gasteiger partial charge in [-0.1, -0.05) is 36.4 Å². The van der Waals surface area contributed by atoms with Crippen LogP contribution in [-0.2, 0) is 9.53 Å². The van der Waals surface area contributed by atoms with E-state index in [-0.39, 0.29) is 5.56 Å². The molecule has 27 heavy (non-hydrogen) atoms. The highest BCUT2D eigenvalue weighted by molar-refractivity contribution is 6.04. The van der Waals surface area contributed by atoms with Gasteiger partial charge in [-0.05, 0) is 30.5 Å². The molecule has 0 aliphatic rings. The number of nitrogens with zero attached hydrogens (tertiary/aromatic N) is 1. The molecule has 3 aromatic carbocycles. The maximum absolute atomic E-state index is 13.2. The molecule has 3 rings (SSSR count). The third kappa shape index (κ3) is 4.11. The third-order valence-corrected chi connectivity index (χ3v) is 4.10. The summed E-state index contributed by atoms with van der Waals surface area (Å²) in [5.41, 5.74) is 0.418. The molecule has 0 bridgehead atoms. The second-order valence-electron chi connectivity index (χ2n) is 5.87. The van der Waals surface area contributed by atoms with E-state index in [0.29, 0.717) is 18.3 Å². The summed E-state index contributed by atoms with van der Waals surface area (Å²) in [5.74, 6) is -3.17. The van der Waals surface area contributed by atoms with E-state index < -0.39 is 30.1 Å². The van der Waals surface area contributed by atoms with Crippen LogP contribution in [0.1, 0.15) is 17.3 Å². The number of halogens is 2. The molecule has 6 heteroatoms. The van der Waals surface area contributed by atoms with Crippen LogP contribution in [0.25, 0.3) is 10.8 Å². The van der Waals surface area contributed by atoms with Crippen molar-refractivity contribution in [2.75, 3.05) is 18.1 Å². The molecule has 0 unspecified atom stereocenters. The van der Waals surface area contributed by atoms with Gasteiger partial charge in [0.1, 0.15) is 11.6 Å². The second kappa shape index (κ2) is 7.95. The molecule has 0 heterocycles. The topological polar surface area (TPSA) is 46.6 Å². The van der Waals surface area contributed by atoms with Crippen molar-refractivity contribution in [3.05, 3.63) is 77.9 Å². The zero-order chi connectivity index (χ0) is 19.4. The lowest BCUT2D eigenvalue weighted by atomic mass is 10.1. The summed E-state index contributed by atoms with van der Waals surface area (Å²) in [6, 6.07) is 15.6. The van der Waals surface area contributed by atoms with Crippen LogP contribution in [0.15, 0.2) is 60.7 Å². The van der Waals surface area contributed by atoms with Gasteiger partial charge in [0.25, 0.3) is 5.91 Å². The molecule has 0 aromatic heterocycles. The van der Waals surface area contributed by atoms with Crippen molar-refractivity contribution in [1.29, 1.82) is 0 Å². The fraction of sp³-hybridized carbons (Fsp3) is 0.143. The highest BCUT2D eigenvalue weighted by Gasteiger charge is 2.19. The number of likely N-dealkylation sites (N-methyl/N-ethyl adjacent to an activating group) is 1. The lowest BCUT2D eigenvalue weighted by Crippen LogP contribution is -2.34. The Balaban J connectivity index is 1.76. The van der Waals surface area contributed by atoms with Crippen LogP contribution in [0.2, 0.25) is 0 Å². The minimum Gasteiger partial charge on any atom is -0.452 e. The number of ether oxygens (including phenoxy) is 1. The van der Waals surface area contributed by atoms with Gasteiger partial charge in [-0.2, -0.15) is 0 Å². The second-order valence-corrected chi connectivity index (χ2v) is 5.87. The number of esters is 1. The van der Waals surface area contributed by atoms with Crippen molar-refractivity contribution in [3.63, 3.8) is 0 Å². The molecule has 1 amide bonds. The Morgan fingerprint density at radius 1 is 0.963 bits per heavy atom. The molecule has 0 aliphatic carbocycles. The first-order valence-electron chi connectivity index (χ1n) is 8.41. The largest absolute Gasteiger partial charge is 0.452 e. The maximum atomic E-state index is 13.2. The van der Waals surface area contributed by atoms with E-state index in [2.05, 4.69) is 0 Å². The summed E-state index contributed by atoms with van der Waals surface area (Å²) in [6.07, 6.45) is 0. The third-order valence-electron chi connectivity index (χ3n) is 4.10. The zero-order valence-corrected chi connectivity index (χ0v) is 14.6. The average molecular weight is 369 g/mol. The van der Waals surface area contributed by atoms with Crippen LogP contribution in [-0.4, -0.2) is 25.0 Å². The van der Waals surface area contributed by atoms with Gasteiger partial charge in [-0.3, -0.25) is 4.79 Å².